The number of thiophene rings is 1. The van der Waals surface area contributed by atoms with E-state index >= 15 is 0 Å². The molecule has 0 fully saturated rings. The first-order valence-corrected chi connectivity index (χ1v) is 8.76. The molecule has 4 nitrogen and oxygen atoms in total. The van der Waals surface area contributed by atoms with Crippen LogP contribution in [0.4, 0.5) is 11.6 Å². The third-order valence-corrected chi connectivity index (χ3v) is 4.38. The van der Waals surface area contributed by atoms with Crippen molar-refractivity contribution in [3.63, 3.8) is 0 Å². The fourth-order valence-electron chi connectivity index (χ4n) is 2.05. The number of hydrogen-bond donors (Lipinski definition) is 2. The molecule has 0 aliphatic carbocycles. The van der Waals surface area contributed by atoms with Gasteiger partial charge in [0.15, 0.2) is 0 Å². The number of pyridine rings is 2. The van der Waals surface area contributed by atoms with E-state index in [0.29, 0.717) is 5.71 Å². The maximum absolute atomic E-state index is 7.69. The van der Waals surface area contributed by atoms with Crippen LogP contribution in [-0.4, -0.2) is 15.7 Å². The van der Waals surface area contributed by atoms with Crippen LogP contribution in [0.25, 0.3) is 10.6 Å². The van der Waals surface area contributed by atoms with Crippen molar-refractivity contribution in [1.82, 2.24) is 9.97 Å². The summed E-state index contributed by atoms with van der Waals surface area (Å²) in [7, 11) is 0. The highest BCUT2D eigenvalue weighted by molar-refractivity contribution is 7.17. The van der Waals surface area contributed by atoms with E-state index in [4.69, 9.17) is 5.41 Å². The molecule has 0 unspecified atom stereocenters. The maximum Gasteiger partial charge on any atom is 0.132 e. The largest absolute Gasteiger partial charge is 0.325 e. The zero-order valence-electron chi connectivity index (χ0n) is 14.4. The van der Waals surface area contributed by atoms with E-state index in [2.05, 4.69) is 15.3 Å². The summed E-state index contributed by atoms with van der Waals surface area (Å²) in [4.78, 5) is 10.9. The van der Waals surface area contributed by atoms with Gasteiger partial charge in [-0.3, -0.25) is 0 Å². The van der Waals surface area contributed by atoms with E-state index in [1.165, 1.54) is 0 Å². The van der Waals surface area contributed by atoms with Gasteiger partial charge in [0.1, 0.15) is 11.6 Å². The Kier molecular flexibility index (Phi) is 6.21. The van der Waals surface area contributed by atoms with E-state index in [1.54, 1.807) is 24.5 Å². The minimum absolute atomic E-state index is 0.578. The molecule has 0 atom stereocenters. The van der Waals surface area contributed by atoms with E-state index in [0.717, 1.165) is 32.6 Å². The molecule has 3 rings (SSSR count). The molecule has 124 valence electrons. The summed E-state index contributed by atoms with van der Waals surface area (Å²) < 4.78 is 0. The summed E-state index contributed by atoms with van der Waals surface area (Å²) in [5.74, 6) is 1.55. The monoisotopic (exact) mass is 338 g/mol. The fourth-order valence-corrected chi connectivity index (χ4v) is 2.93. The van der Waals surface area contributed by atoms with Gasteiger partial charge in [0, 0.05) is 16.8 Å². The molecule has 24 heavy (non-hydrogen) atoms. The van der Waals surface area contributed by atoms with Crippen molar-refractivity contribution in [1.29, 1.82) is 5.41 Å². The molecule has 0 aliphatic rings. The predicted molar refractivity (Wildman–Crippen MR) is 104 cm³/mol. The van der Waals surface area contributed by atoms with Crippen LogP contribution in [0.2, 0.25) is 0 Å². The molecule has 0 amide bonds. The molecule has 0 aromatic carbocycles. The standard InChI is InChI=1S/C17H16N4S.C2H6/c1-11-8-9-19-17(10-11)21-16-5-3-4-13(20-16)15-7-6-14(22-15)12(2)18;1-2/h3-10,18H,1-2H3,(H,19,20,21);1-2H3. The minimum Gasteiger partial charge on any atom is -0.325 e. The van der Waals surface area contributed by atoms with Gasteiger partial charge in [0.25, 0.3) is 0 Å². The molecular weight excluding hydrogens is 316 g/mol. The van der Waals surface area contributed by atoms with Crippen LogP contribution < -0.4 is 5.32 Å². The number of hydrogen-bond acceptors (Lipinski definition) is 5. The second-order valence-corrected chi connectivity index (χ2v) is 6.12. The second-order valence-electron chi connectivity index (χ2n) is 5.04. The molecule has 3 aromatic heterocycles. The number of anilines is 2. The number of nitrogens with one attached hydrogen (secondary N) is 2. The van der Waals surface area contributed by atoms with Crippen LogP contribution in [0, 0.1) is 12.3 Å². The van der Waals surface area contributed by atoms with Gasteiger partial charge in [-0.05, 0) is 55.8 Å². The maximum atomic E-state index is 7.69. The highest BCUT2D eigenvalue weighted by atomic mass is 32.1. The Balaban J connectivity index is 0.00000100. The molecule has 0 radical (unpaired) electrons. The molecule has 0 bridgehead atoms. The third kappa shape index (κ3) is 4.49. The summed E-state index contributed by atoms with van der Waals surface area (Å²) in [6, 6.07) is 13.8. The summed E-state index contributed by atoms with van der Waals surface area (Å²) in [5.41, 5.74) is 2.63. The lowest BCUT2D eigenvalue weighted by Crippen LogP contribution is -1.96. The molecular formula is C19H22N4S. The Morgan fingerprint density at radius 3 is 2.54 bits per heavy atom. The first-order valence-electron chi connectivity index (χ1n) is 7.94. The van der Waals surface area contributed by atoms with Crippen molar-refractivity contribution in [2.75, 3.05) is 5.32 Å². The van der Waals surface area contributed by atoms with Gasteiger partial charge >= 0.3 is 0 Å². The van der Waals surface area contributed by atoms with Gasteiger partial charge in [0.2, 0.25) is 0 Å². The molecule has 3 heterocycles. The van der Waals surface area contributed by atoms with Crippen molar-refractivity contribution >= 4 is 28.7 Å². The van der Waals surface area contributed by atoms with Crippen LogP contribution in [0.3, 0.4) is 0 Å². The lowest BCUT2D eigenvalue weighted by molar-refractivity contribution is 1.24. The second kappa shape index (κ2) is 8.36. The van der Waals surface area contributed by atoms with Crippen molar-refractivity contribution in [3.05, 3.63) is 59.1 Å². The minimum atomic E-state index is 0.578. The zero-order valence-corrected chi connectivity index (χ0v) is 15.2. The number of aromatic nitrogens is 2. The average molecular weight is 338 g/mol. The number of aryl methyl sites for hydroxylation is 1. The first-order chi connectivity index (χ1) is 11.6. The van der Waals surface area contributed by atoms with Crippen LogP contribution in [-0.2, 0) is 0 Å². The zero-order chi connectivity index (χ0) is 17.5. The molecule has 2 N–H and O–H groups in total. The van der Waals surface area contributed by atoms with E-state index in [1.807, 2.05) is 63.2 Å². The summed E-state index contributed by atoms with van der Waals surface area (Å²) in [6.07, 6.45) is 1.78. The van der Waals surface area contributed by atoms with Crippen LogP contribution in [0.5, 0.6) is 0 Å². The molecule has 3 aromatic rings. The smallest absolute Gasteiger partial charge is 0.132 e. The van der Waals surface area contributed by atoms with Crippen LogP contribution in [0.1, 0.15) is 31.2 Å². The summed E-state index contributed by atoms with van der Waals surface area (Å²) in [6.45, 7) is 7.83. The number of nitrogens with zero attached hydrogens (tertiary/aromatic N) is 2. The van der Waals surface area contributed by atoms with Crippen molar-refractivity contribution < 1.29 is 0 Å². The molecule has 0 spiro atoms. The van der Waals surface area contributed by atoms with E-state index < -0.39 is 0 Å². The summed E-state index contributed by atoms with van der Waals surface area (Å²) >= 11 is 1.58. The van der Waals surface area contributed by atoms with Gasteiger partial charge in [-0.1, -0.05) is 19.9 Å². The molecule has 5 heteroatoms. The Labute approximate surface area is 147 Å². The summed E-state index contributed by atoms with van der Waals surface area (Å²) in [5, 5.41) is 10.9. The van der Waals surface area contributed by atoms with Crippen molar-refractivity contribution in [2.24, 2.45) is 0 Å². The fraction of sp³-hybridized carbons (Fsp3) is 0.211. The molecule has 0 aliphatic heterocycles. The highest BCUT2D eigenvalue weighted by Gasteiger charge is 2.07. The third-order valence-electron chi connectivity index (χ3n) is 3.15. The highest BCUT2D eigenvalue weighted by Crippen LogP contribution is 2.28. The van der Waals surface area contributed by atoms with Crippen molar-refractivity contribution in [3.8, 4) is 10.6 Å². The average Bonchev–Trinajstić information content (AvgIpc) is 3.07. The van der Waals surface area contributed by atoms with Gasteiger partial charge in [-0.15, -0.1) is 11.3 Å². The van der Waals surface area contributed by atoms with Gasteiger partial charge in [-0.2, -0.15) is 0 Å². The van der Waals surface area contributed by atoms with Crippen LogP contribution >= 0.6 is 11.3 Å². The van der Waals surface area contributed by atoms with Gasteiger partial charge in [-0.25, -0.2) is 9.97 Å². The topological polar surface area (TPSA) is 61.7 Å². The Bertz CT molecular complexity index is 823. The SMILES string of the molecule is CC.CC(=N)c1ccc(-c2cccc(Nc3cc(C)ccn3)n2)s1. The van der Waals surface area contributed by atoms with E-state index in [9.17, 15) is 0 Å². The van der Waals surface area contributed by atoms with E-state index in [-0.39, 0.29) is 0 Å². The molecule has 0 saturated carbocycles. The predicted octanol–water partition coefficient (Wildman–Crippen LogP) is 5.67. The molecule has 0 saturated heterocycles. The Hall–Kier alpha value is -2.53. The lowest BCUT2D eigenvalue weighted by atomic mass is 10.3. The first kappa shape index (κ1) is 17.8. The lowest BCUT2D eigenvalue weighted by Gasteiger charge is -2.06. The quantitative estimate of drug-likeness (QED) is 0.602. The van der Waals surface area contributed by atoms with Gasteiger partial charge in [0.05, 0.1) is 10.6 Å². The Morgan fingerprint density at radius 1 is 1.08 bits per heavy atom. The van der Waals surface area contributed by atoms with Crippen LogP contribution in [0.15, 0.2) is 48.7 Å². The Morgan fingerprint density at radius 2 is 1.88 bits per heavy atom. The normalized spacial score (nSPS) is 9.83. The number of rotatable bonds is 4. The van der Waals surface area contributed by atoms with Crippen molar-refractivity contribution in [2.45, 2.75) is 27.7 Å². The van der Waals surface area contributed by atoms with Gasteiger partial charge < -0.3 is 10.7 Å².